The molecule has 1 heterocycles. The molecule has 148 valence electrons. The number of ether oxygens (including phenoxy) is 3. The second kappa shape index (κ2) is 9.80. The smallest absolute Gasteiger partial charge is 0.339 e. The summed E-state index contributed by atoms with van der Waals surface area (Å²) in [6.07, 6.45) is 0.853. The first-order valence-corrected chi connectivity index (χ1v) is 9.17. The number of carbonyl (C=O) groups excluding carboxylic acids is 3. The SMILES string of the molecule is CCCCOc1ccc(C(=O)O[C@@H](C)C(=O)N2CCNC2=O)cc1OCC. The van der Waals surface area contributed by atoms with Gasteiger partial charge in [0.2, 0.25) is 0 Å². The maximum absolute atomic E-state index is 12.4. The standard InChI is InChI=1S/C19H26N2O6/c1-4-6-11-26-15-8-7-14(12-16(15)25-5-2)18(23)27-13(3)17(22)21-10-9-20-19(21)24/h7-8,12-13H,4-6,9-11H2,1-3H3,(H,20,24)/t13-/m0/s1. The summed E-state index contributed by atoms with van der Waals surface area (Å²) in [6.45, 7) is 6.98. The zero-order valence-corrected chi connectivity index (χ0v) is 15.9. The van der Waals surface area contributed by atoms with Crippen molar-refractivity contribution in [2.24, 2.45) is 0 Å². The van der Waals surface area contributed by atoms with Gasteiger partial charge in [-0.05, 0) is 38.5 Å². The summed E-state index contributed by atoms with van der Waals surface area (Å²) in [5.74, 6) is -0.222. The Bertz CT molecular complexity index is 691. The lowest BCUT2D eigenvalue weighted by Crippen LogP contribution is -2.41. The highest BCUT2D eigenvalue weighted by Crippen LogP contribution is 2.29. The van der Waals surface area contributed by atoms with Gasteiger partial charge in [-0.25, -0.2) is 9.59 Å². The minimum absolute atomic E-state index is 0.242. The van der Waals surface area contributed by atoms with Crippen molar-refractivity contribution >= 4 is 17.9 Å². The number of urea groups is 1. The average molecular weight is 378 g/mol. The molecule has 8 heteroatoms. The molecular weight excluding hydrogens is 352 g/mol. The van der Waals surface area contributed by atoms with Gasteiger partial charge < -0.3 is 19.5 Å². The van der Waals surface area contributed by atoms with Gasteiger partial charge in [-0.15, -0.1) is 0 Å². The number of unbranched alkanes of at least 4 members (excludes halogenated alkanes) is 1. The molecular formula is C19H26N2O6. The number of imide groups is 1. The fourth-order valence-corrected chi connectivity index (χ4v) is 2.53. The molecule has 2 rings (SSSR count). The van der Waals surface area contributed by atoms with Gasteiger partial charge in [-0.2, -0.15) is 0 Å². The molecule has 0 unspecified atom stereocenters. The number of hydrogen-bond donors (Lipinski definition) is 1. The van der Waals surface area contributed by atoms with Crippen LogP contribution in [-0.2, 0) is 9.53 Å². The first kappa shape index (κ1) is 20.5. The Hall–Kier alpha value is -2.77. The van der Waals surface area contributed by atoms with Gasteiger partial charge in [0, 0.05) is 13.1 Å². The van der Waals surface area contributed by atoms with Crippen molar-refractivity contribution in [3.8, 4) is 11.5 Å². The molecule has 1 aromatic rings. The van der Waals surface area contributed by atoms with E-state index in [0.717, 1.165) is 17.7 Å². The lowest BCUT2D eigenvalue weighted by molar-refractivity contribution is -0.136. The number of nitrogens with one attached hydrogen (secondary N) is 1. The topological polar surface area (TPSA) is 94.2 Å². The van der Waals surface area contributed by atoms with Crippen molar-refractivity contribution < 1.29 is 28.6 Å². The second-order valence-electron chi connectivity index (χ2n) is 6.07. The highest BCUT2D eigenvalue weighted by Gasteiger charge is 2.31. The number of benzene rings is 1. The number of amides is 3. The summed E-state index contributed by atoms with van der Waals surface area (Å²) in [6, 6.07) is 4.27. The predicted octanol–water partition coefficient (Wildman–Crippen LogP) is 2.36. The van der Waals surface area contributed by atoms with Crippen LogP contribution in [0.5, 0.6) is 11.5 Å². The summed E-state index contributed by atoms with van der Waals surface area (Å²) in [7, 11) is 0. The summed E-state index contributed by atoms with van der Waals surface area (Å²) >= 11 is 0. The molecule has 1 aliphatic heterocycles. The summed E-state index contributed by atoms with van der Waals surface area (Å²) < 4.78 is 16.5. The fraction of sp³-hybridized carbons (Fsp3) is 0.526. The first-order valence-electron chi connectivity index (χ1n) is 9.17. The highest BCUT2D eigenvalue weighted by molar-refractivity contribution is 5.99. The molecule has 8 nitrogen and oxygen atoms in total. The lowest BCUT2D eigenvalue weighted by Gasteiger charge is -2.18. The third-order valence-electron chi connectivity index (χ3n) is 3.99. The molecule has 1 aliphatic rings. The quantitative estimate of drug-likeness (QED) is 0.524. The Balaban J connectivity index is 2.05. The average Bonchev–Trinajstić information content (AvgIpc) is 3.08. The zero-order chi connectivity index (χ0) is 19.8. The van der Waals surface area contributed by atoms with Gasteiger partial charge in [0.25, 0.3) is 5.91 Å². The van der Waals surface area contributed by atoms with Gasteiger partial charge in [-0.1, -0.05) is 13.3 Å². The van der Waals surface area contributed by atoms with Gasteiger partial charge in [0.05, 0.1) is 18.8 Å². The molecule has 1 N–H and O–H groups in total. The maximum atomic E-state index is 12.4. The molecule has 1 fully saturated rings. The number of rotatable bonds is 9. The lowest BCUT2D eigenvalue weighted by atomic mass is 10.2. The zero-order valence-electron chi connectivity index (χ0n) is 15.9. The van der Waals surface area contributed by atoms with Crippen molar-refractivity contribution in [2.75, 3.05) is 26.3 Å². The van der Waals surface area contributed by atoms with Crippen molar-refractivity contribution in [3.63, 3.8) is 0 Å². The van der Waals surface area contributed by atoms with Crippen LogP contribution in [0, 0.1) is 0 Å². The van der Waals surface area contributed by atoms with Gasteiger partial charge in [-0.3, -0.25) is 9.69 Å². The minimum atomic E-state index is -1.07. The monoisotopic (exact) mass is 378 g/mol. The normalized spacial score (nSPS) is 14.5. The Kier molecular flexibility index (Phi) is 7.45. The van der Waals surface area contributed by atoms with Crippen molar-refractivity contribution in [2.45, 2.75) is 39.7 Å². The summed E-state index contributed by atoms with van der Waals surface area (Å²) in [4.78, 5) is 37.2. The van der Waals surface area contributed by atoms with E-state index in [1.165, 1.54) is 13.0 Å². The number of carbonyl (C=O) groups is 3. The Morgan fingerprint density at radius 1 is 1.22 bits per heavy atom. The second-order valence-corrected chi connectivity index (χ2v) is 6.07. The maximum Gasteiger partial charge on any atom is 0.339 e. The summed E-state index contributed by atoms with van der Waals surface area (Å²) in [5, 5.41) is 2.53. The molecule has 27 heavy (non-hydrogen) atoms. The van der Waals surface area contributed by atoms with Crippen molar-refractivity contribution in [1.82, 2.24) is 10.2 Å². The molecule has 3 amide bonds. The number of esters is 1. The van der Waals surface area contributed by atoms with E-state index >= 15 is 0 Å². The molecule has 1 saturated heterocycles. The largest absolute Gasteiger partial charge is 0.490 e. The first-order chi connectivity index (χ1) is 13.0. The van der Waals surface area contributed by atoms with Crippen LogP contribution in [0.2, 0.25) is 0 Å². The Morgan fingerprint density at radius 3 is 2.63 bits per heavy atom. The van der Waals surface area contributed by atoms with Crippen LogP contribution in [0.15, 0.2) is 18.2 Å². The van der Waals surface area contributed by atoms with Crippen LogP contribution in [0.4, 0.5) is 4.79 Å². The third-order valence-corrected chi connectivity index (χ3v) is 3.99. The van der Waals surface area contributed by atoms with Crippen LogP contribution in [0.25, 0.3) is 0 Å². The molecule has 1 aromatic carbocycles. The summed E-state index contributed by atoms with van der Waals surface area (Å²) in [5.41, 5.74) is 0.242. The highest BCUT2D eigenvalue weighted by atomic mass is 16.5. The predicted molar refractivity (Wildman–Crippen MR) is 98.0 cm³/mol. The molecule has 0 saturated carbocycles. The minimum Gasteiger partial charge on any atom is -0.490 e. The molecule has 0 aromatic heterocycles. The van der Waals surface area contributed by atoms with Crippen molar-refractivity contribution in [1.29, 1.82) is 0 Å². The van der Waals surface area contributed by atoms with Crippen LogP contribution in [0.1, 0.15) is 44.0 Å². The van der Waals surface area contributed by atoms with Crippen LogP contribution >= 0.6 is 0 Å². The number of nitrogens with zero attached hydrogens (tertiary/aromatic N) is 1. The van der Waals surface area contributed by atoms with Crippen LogP contribution in [-0.4, -0.2) is 55.2 Å². The molecule has 0 radical (unpaired) electrons. The van der Waals surface area contributed by atoms with Gasteiger partial charge >= 0.3 is 12.0 Å². The number of hydrogen-bond acceptors (Lipinski definition) is 6. The molecule has 1 atom stereocenters. The van der Waals surface area contributed by atoms with E-state index in [-0.39, 0.29) is 12.1 Å². The van der Waals surface area contributed by atoms with E-state index in [1.54, 1.807) is 12.1 Å². The Labute approximate surface area is 158 Å². The molecule has 0 spiro atoms. The van der Waals surface area contributed by atoms with Gasteiger partial charge in [0.1, 0.15) is 0 Å². The van der Waals surface area contributed by atoms with E-state index in [4.69, 9.17) is 14.2 Å². The van der Waals surface area contributed by atoms with E-state index in [1.807, 2.05) is 6.92 Å². The fourth-order valence-electron chi connectivity index (χ4n) is 2.53. The van der Waals surface area contributed by atoms with Gasteiger partial charge in [0.15, 0.2) is 17.6 Å². The molecule has 0 aliphatic carbocycles. The van der Waals surface area contributed by atoms with E-state index in [9.17, 15) is 14.4 Å². The van der Waals surface area contributed by atoms with E-state index in [2.05, 4.69) is 12.2 Å². The van der Waals surface area contributed by atoms with Crippen LogP contribution in [0.3, 0.4) is 0 Å². The van der Waals surface area contributed by atoms with E-state index < -0.39 is 24.0 Å². The Morgan fingerprint density at radius 2 is 2.00 bits per heavy atom. The van der Waals surface area contributed by atoms with E-state index in [0.29, 0.717) is 31.3 Å². The third kappa shape index (κ3) is 5.35. The molecule has 0 bridgehead atoms. The van der Waals surface area contributed by atoms with Crippen molar-refractivity contribution in [3.05, 3.63) is 23.8 Å². The van der Waals surface area contributed by atoms with Crippen LogP contribution < -0.4 is 14.8 Å².